The first-order valence-corrected chi connectivity index (χ1v) is 6.25. The molecule has 2 heterocycles. The molecule has 96 valence electrons. The molecule has 2 rings (SSSR count). The fourth-order valence-corrected chi connectivity index (χ4v) is 2.01. The van der Waals surface area contributed by atoms with Crippen LogP contribution in [0.1, 0.15) is 5.89 Å². The molecule has 4 N–H and O–H groups in total. The van der Waals surface area contributed by atoms with Crippen molar-refractivity contribution < 1.29 is 12.8 Å². The lowest BCUT2D eigenvalue weighted by molar-refractivity contribution is 0.534. The van der Waals surface area contributed by atoms with Gasteiger partial charge in [0, 0.05) is 13.1 Å². The second kappa shape index (κ2) is 4.58. The van der Waals surface area contributed by atoms with Crippen LogP contribution in [-0.2, 0) is 10.0 Å². The molecule has 18 heavy (non-hydrogen) atoms. The largest absolute Gasteiger partial charge is 0.408 e. The van der Waals surface area contributed by atoms with Crippen LogP contribution in [0.5, 0.6) is 0 Å². The quantitative estimate of drug-likeness (QED) is 0.515. The van der Waals surface area contributed by atoms with Crippen molar-refractivity contribution in [2.45, 2.75) is 11.8 Å². The number of rotatable bonds is 4. The Bertz CT molecular complexity index is 635. The highest BCUT2D eigenvalue weighted by Gasteiger charge is 2.17. The third-order valence-corrected chi connectivity index (χ3v) is 3.25. The van der Waals surface area contributed by atoms with E-state index < -0.39 is 10.0 Å². The molecule has 0 amide bonds. The Morgan fingerprint density at radius 3 is 2.61 bits per heavy atom. The second-order valence-corrected chi connectivity index (χ2v) is 4.94. The second-order valence-electron chi connectivity index (χ2n) is 3.26. The number of nitrogens with zero attached hydrogens (tertiary/aromatic N) is 3. The summed E-state index contributed by atoms with van der Waals surface area (Å²) < 4.78 is 30.8. The number of nitrogens with one attached hydrogen (secondary N) is 2. The predicted molar refractivity (Wildman–Crippen MR) is 61.9 cm³/mol. The predicted octanol–water partition coefficient (Wildman–Crippen LogP) is -0.141. The Labute approximate surface area is 102 Å². The first kappa shape index (κ1) is 12.3. The van der Waals surface area contributed by atoms with E-state index in [0.717, 1.165) is 6.20 Å². The van der Waals surface area contributed by atoms with Gasteiger partial charge in [0.05, 0.1) is 0 Å². The molecule has 0 unspecified atom stereocenters. The SMILES string of the molecule is Cc1nnc(NS(=O)(=O)c2ccc(NN)nc2)o1. The van der Waals surface area contributed by atoms with Crippen molar-refractivity contribution >= 4 is 21.9 Å². The molecule has 0 aromatic carbocycles. The summed E-state index contributed by atoms with van der Waals surface area (Å²) in [6, 6.07) is 2.56. The Morgan fingerprint density at radius 2 is 2.11 bits per heavy atom. The van der Waals surface area contributed by atoms with Gasteiger partial charge in [0.1, 0.15) is 10.7 Å². The standard InChI is InChI=1S/C8H10N6O3S/c1-5-12-13-8(17-5)14-18(15,16)6-2-3-7(11-9)10-4-6/h2-4H,9H2,1H3,(H,10,11)(H,13,14). The lowest BCUT2D eigenvalue weighted by Gasteiger charge is -2.04. The average molecular weight is 270 g/mol. The monoisotopic (exact) mass is 270 g/mol. The van der Waals surface area contributed by atoms with Crippen LogP contribution in [0, 0.1) is 6.92 Å². The zero-order valence-corrected chi connectivity index (χ0v) is 10.1. The van der Waals surface area contributed by atoms with E-state index in [-0.39, 0.29) is 16.8 Å². The Balaban J connectivity index is 2.24. The number of aromatic nitrogens is 3. The van der Waals surface area contributed by atoms with Gasteiger partial charge in [-0.25, -0.2) is 24.0 Å². The zero-order chi connectivity index (χ0) is 13.2. The topological polar surface area (TPSA) is 136 Å². The molecule has 0 atom stereocenters. The molecule has 9 nitrogen and oxygen atoms in total. The number of hydrogen-bond acceptors (Lipinski definition) is 8. The lowest BCUT2D eigenvalue weighted by atomic mass is 10.5. The fourth-order valence-electron chi connectivity index (χ4n) is 1.14. The summed E-state index contributed by atoms with van der Waals surface area (Å²) in [5.41, 5.74) is 2.29. The van der Waals surface area contributed by atoms with Gasteiger partial charge in [-0.15, -0.1) is 5.10 Å². The van der Waals surface area contributed by atoms with Gasteiger partial charge in [-0.2, -0.15) is 0 Å². The van der Waals surface area contributed by atoms with Crippen LogP contribution in [0.3, 0.4) is 0 Å². The summed E-state index contributed by atoms with van der Waals surface area (Å²) >= 11 is 0. The normalized spacial score (nSPS) is 11.2. The smallest absolute Gasteiger partial charge is 0.329 e. The van der Waals surface area contributed by atoms with Gasteiger partial charge in [-0.05, 0) is 12.1 Å². The molecule has 0 aliphatic rings. The molecule has 0 saturated carbocycles. The van der Waals surface area contributed by atoms with Crippen molar-refractivity contribution in [3.05, 3.63) is 24.2 Å². The number of anilines is 2. The van der Waals surface area contributed by atoms with E-state index in [1.165, 1.54) is 12.1 Å². The van der Waals surface area contributed by atoms with Crippen molar-refractivity contribution in [2.24, 2.45) is 5.84 Å². The van der Waals surface area contributed by atoms with Crippen LogP contribution >= 0.6 is 0 Å². The average Bonchev–Trinajstić information content (AvgIpc) is 2.74. The van der Waals surface area contributed by atoms with Crippen LogP contribution in [-0.4, -0.2) is 23.6 Å². The highest BCUT2D eigenvalue weighted by atomic mass is 32.2. The first-order valence-electron chi connectivity index (χ1n) is 4.77. The molecular weight excluding hydrogens is 260 g/mol. The van der Waals surface area contributed by atoms with Crippen molar-refractivity contribution in [3.63, 3.8) is 0 Å². The fraction of sp³-hybridized carbons (Fsp3) is 0.125. The maximum atomic E-state index is 11.9. The Morgan fingerprint density at radius 1 is 1.33 bits per heavy atom. The highest BCUT2D eigenvalue weighted by molar-refractivity contribution is 7.92. The van der Waals surface area contributed by atoms with Crippen LogP contribution in [0.25, 0.3) is 0 Å². The molecule has 2 aromatic rings. The molecule has 2 aromatic heterocycles. The number of pyridine rings is 1. The minimum Gasteiger partial charge on any atom is -0.408 e. The van der Waals surface area contributed by atoms with Crippen LogP contribution in [0.2, 0.25) is 0 Å². The van der Waals surface area contributed by atoms with Crippen LogP contribution in [0.15, 0.2) is 27.6 Å². The molecule has 0 radical (unpaired) electrons. The van der Waals surface area contributed by atoms with Gasteiger partial charge < -0.3 is 9.84 Å². The number of hydrogen-bond donors (Lipinski definition) is 3. The summed E-state index contributed by atoms with van der Waals surface area (Å²) in [6.07, 6.45) is 1.15. The molecular formula is C8H10N6O3S. The van der Waals surface area contributed by atoms with Crippen LogP contribution in [0.4, 0.5) is 11.8 Å². The van der Waals surface area contributed by atoms with E-state index in [4.69, 9.17) is 10.3 Å². The Kier molecular flexibility index (Phi) is 3.12. The van der Waals surface area contributed by atoms with E-state index in [0.29, 0.717) is 5.82 Å². The third-order valence-electron chi connectivity index (χ3n) is 1.94. The summed E-state index contributed by atoms with van der Waals surface area (Å²) in [5.74, 6) is 5.73. The number of nitrogens with two attached hydrogens (primary N) is 1. The number of hydrazine groups is 1. The number of sulfonamides is 1. The van der Waals surface area contributed by atoms with E-state index in [9.17, 15) is 8.42 Å². The van der Waals surface area contributed by atoms with Crippen molar-refractivity contribution in [2.75, 3.05) is 10.1 Å². The molecule has 10 heteroatoms. The summed E-state index contributed by atoms with van der Waals surface area (Å²) in [6.45, 7) is 1.55. The molecule has 0 spiro atoms. The minimum absolute atomic E-state index is 0.0441. The minimum atomic E-state index is -3.80. The van der Waals surface area contributed by atoms with E-state index in [1.807, 2.05) is 0 Å². The van der Waals surface area contributed by atoms with Gasteiger partial charge in [0.2, 0.25) is 5.89 Å². The van der Waals surface area contributed by atoms with E-state index in [1.54, 1.807) is 6.92 Å². The first-order chi connectivity index (χ1) is 8.51. The van der Waals surface area contributed by atoms with Gasteiger partial charge >= 0.3 is 6.01 Å². The molecule has 0 bridgehead atoms. The zero-order valence-electron chi connectivity index (χ0n) is 9.28. The molecule has 0 aliphatic carbocycles. The summed E-state index contributed by atoms with van der Waals surface area (Å²) in [7, 11) is -3.80. The van der Waals surface area contributed by atoms with Crippen molar-refractivity contribution in [3.8, 4) is 0 Å². The van der Waals surface area contributed by atoms with Gasteiger partial charge in [0.25, 0.3) is 10.0 Å². The number of nitrogen functional groups attached to an aromatic ring is 1. The number of aryl methyl sites for hydroxylation is 1. The molecule has 0 saturated heterocycles. The third kappa shape index (κ3) is 2.55. The lowest BCUT2D eigenvalue weighted by Crippen LogP contribution is -2.14. The van der Waals surface area contributed by atoms with E-state index in [2.05, 4.69) is 25.3 Å². The van der Waals surface area contributed by atoms with Gasteiger partial charge in [-0.1, -0.05) is 5.10 Å². The molecule has 0 fully saturated rings. The highest BCUT2D eigenvalue weighted by Crippen LogP contribution is 2.14. The van der Waals surface area contributed by atoms with Crippen molar-refractivity contribution in [1.29, 1.82) is 0 Å². The summed E-state index contributed by atoms with van der Waals surface area (Å²) in [4.78, 5) is 3.74. The maximum absolute atomic E-state index is 11.9. The maximum Gasteiger partial charge on any atom is 0.329 e. The van der Waals surface area contributed by atoms with Gasteiger partial charge in [0.15, 0.2) is 0 Å². The van der Waals surface area contributed by atoms with Crippen molar-refractivity contribution in [1.82, 2.24) is 15.2 Å². The molecule has 0 aliphatic heterocycles. The van der Waals surface area contributed by atoms with Crippen LogP contribution < -0.4 is 16.0 Å². The summed E-state index contributed by atoms with van der Waals surface area (Å²) in [5, 5.41) is 7.04. The van der Waals surface area contributed by atoms with E-state index >= 15 is 0 Å². The van der Waals surface area contributed by atoms with Gasteiger partial charge in [-0.3, -0.25) is 0 Å². The Hall–Kier alpha value is -2.20.